The number of rotatable bonds is 0. The van der Waals surface area contributed by atoms with Crippen LogP contribution in [-0.2, 0) is 6.42 Å². The first-order valence-electron chi connectivity index (χ1n) is 7.84. The predicted octanol–water partition coefficient (Wildman–Crippen LogP) is 3.01. The monoisotopic (exact) mass is 290 g/mol. The zero-order valence-corrected chi connectivity index (χ0v) is 12.4. The number of carbonyl (C=O) groups is 1. The number of hydrogen-bond acceptors (Lipinski definition) is 3. The normalized spacial score (nSPS) is 17.7. The molecule has 0 bridgehead atoms. The Kier molecular flexibility index (Phi) is 3.35. The minimum Gasteiger partial charge on any atom is -0.316 e. The molecule has 0 saturated carbocycles. The molecule has 22 heavy (non-hydrogen) atoms. The summed E-state index contributed by atoms with van der Waals surface area (Å²) < 4.78 is 0. The molecule has 2 aliphatic rings. The number of fused-ring (bicyclic) bond motifs is 2. The number of Topliss-reactive ketones (excluding diaryl/α,β-unsaturated/α-hetero) is 1. The minimum absolute atomic E-state index is 0.189. The van der Waals surface area contributed by atoms with E-state index in [0.29, 0.717) is 6.42 Å². The first-order chi connectivity index (χ1) is 10.8. The topological polar surface area (TPSA) is 42.0 Å². The largest absolute Gasteiger partial charge is 0.316 e. The number of nitrogens with zero attached hydrogens (tertiary/aromatic N) is 1. The first-order valence-corrected chi connectivity index (χ1v) is 7.84. The molecular weight excluding hydrogens is 272 g/mol. The Bertz CT molecular complexity index is 769. The Morgan fingerprint density at radius 2 is 1.73 bits per heavy atom. The molecule has 2 aromatic rings. The van der Waals surface area contributed by atoms with Gasteiger partial charge in [0.05, 0.1) is 5.69 Å². The fourth-order valence-corrected chi connectivity index (χ4v) is 3.48. The van der Waals surface area contributed by atoms with Crippen LogP contribution in [0.4, 0.5) is 0 Å². The van der Waals surface area contributed by atoms with Crippen LogP contribution in [0.15, 0.2) is 48.2 Å². The average molecular weight is 290 g/mol. The lowest BCUT2D eigenvalue weighted by molar-refractivity contribution is 0.0993. The van der Waals surface area contributed by atoms with Gasteiger partial charge in [0.25, 0.3) is 0 Å². The first kappa shape index (κ1) is 13.4. The van der Waals surface area contributed by atoms with Gasteiger partial charge in [-0.15, -0.1) is 0 Å². The summed E-state index contributed by atoms with van der Waals surface area (Å²) in [5, 5.41) is 3.40. The molecule has 0 radical (unpaired) electrons. The highest BCUT2D eigenvalue weighted by Crippen LogP contribution is 2.36. The molecule has 0 amide bonds. The van der Waals surface area contributed by atoms with E-state index in [4.69, 9.17) is 0 Å². The number of hydrogen-bond donors (Lipinski definition) is 1. The molecule has 1 aliphatic carbocycles. The third kappa shape index (κ3) is 2.18. The summed E-state index contributed by atoms with van der Waals surface area (Å²) in [4.78, 5) is 17.3. The molecule has 2 heterocycles. The standard InChI is InChI=1S/C19H18N2O/c22-17-12-14-4-3-9-21-19(14)18(13-7-10-20-11-8-13)16-6-2-1-5-15(16)17/h1-6,9,20H,7-8,10-12H2. The fourth-order valence-electron chi connectivity index (χ4n) is 3.48. The number of aromatic nitrogens is 1. The fraction of sp³-hybridized carbons (Fsp3) is 0.263. The molecule has 1 aliphatic heterocycles. The van der Waals surface area contributed by atoms with Crippen LogP contribution in [0.2, 0.25) is 0 Å². The van der Waals surface area contributed by atoms with Gasteiger partial charge in [-0.05, 0) is 43.1 Å². The van der Waals surface area contributed by atoms with Crippen molar-refractivity contribution < 1.29 is 4.79 Å². The van der Waals surface area contributed by atoms with Crippen LogP contribution in [0.3, 0.4) is 0 Å². The summed E-state index contributed by atoms with van der Waals surface area (Å²) in [6.07, 6.45) is 4.32. The third-order valence-corrected chi connectivity index (χ3v) is 4.54. The van der Waals surface area contributed by atoms with Gasteiger partial charge in [-0.25, -0.2) is 0 Å². The van der Waals surface area contributed by atoms with Crippen molar-refractivity contribution in [3.05, 3.63) is 70.6 Å². The molecule has 3 heteroatoms. The molecule has 1 N–H and O–H groups in total. The molecule has 4 rings (SSSR count). The van der Waals surface area contributed by atoms with Crippen LogP contribution in [0.25, 0.3) is 5.57 Å². The smallest absolute Gasteiger partial charge is 0.167 e. The van der Waals surface area contributed by atoms with Crippen molar-refractivity contribution in [3.63, 3.8) is 0 Å². The number of nitrogens with one attached hydrogen (secondary N) is 1. The van der Waals surface area contributed by atoms with E-state index in [1.807, 2.05) is 36.5 Å². The van der Waals surface area contributed by atoms with Crippen molar-refractivity contribution in [2.24, 2.45) is 0 Å². The number of carbonyl (C=O) groups excluding carboxylic acids is 1. The molecule has 0 unspecified atom stereocenters. The van der Waals surface area contributed by atoms with Crippen molar-refractivity contribution in [1.29, 1.82) is 0 Å². The Hall–Kier alpha value is -2.26. The molecule has 1 saturated heterocycles. The van der Waals surface area contributed by atoms with Gasteiger partial charge in [0, 0.05) is 23.8 Å². The van der Waals surface area contributed by atoms with Gasteiger partial charge in [0.15, 0.2) is 5.78 Å². The lowest BCUT2D eigenvalue weighted by Gasteiger charge is -2.21. The summed E-state index contributed by atoms with van der Waals surface area (Å²) in [5.74, 6) is 0.189. The lowest BCUT2D eigenvalue weighted by Crippen LogP contribution is -2.24. The molecule has 1 aromatic carbocycles. The van der Waals surface area contributed by atoms with E-state index in [9.17, 15) is 4.79 Å². The second-order valence-electron chi connectivity index (χ2n) is 5.89. The van der Waals surface area contributed by atoms with Gasteiger partial charge < -0.3 is 5.32 Å². The van der Waals surface area contributed by atoms with E-state index < -0.39 is 0 Å². The third-order valence-electron chi connectivity index (χ3n) is 4.54. The maximum atomic E-state index is 12.6. The summed E-state index contributed by atoms with van der Waals surface area (Å²) in [7, 11) is 0. The SMILES string of the molecule is O=C1Cc2cccnc2C(=C2CCNCC2)c2ccccc21. The number of ketones is 1. The van der Waals surface area contributed by atoms with Gasteiger partial charge >= 0.3 is 0 Å². The Balaban J connectivity index is 2.03. The van der Waals surface area contributed by atoms with Crippen LogP contribution >= 0.6 is 0 Å². The van der Waals surface area contributed by atoms with Crippen LogP contribution in [0, 0.1) is 0 Å². The van der Waals surface area contributed by atoms with Crippen LogP contribution < -0.4 is 5.32 Å². The van der Waals surface area contributed by atoms with Crippen molar-refractivity contribution >= 4 is 11.4 Å². The molecule has 110 valence electrons. The molecule has 1 aromatic heterocycles. The summed E-state index contributed by atoms with van der Waals surface area (Å²) in [6, 6.07) is 11.9. The summed E-state index contributed by atoms with van der Waals surface area (Å²) >= 11 is 0. The highest BCUT2D eigenvalue weighted by molar-refractivity contribution is 6.06. The van der Waals surface area contributed by atoms with E-state index in [-0.39, 0.29) is 5.78 Å². The Labute approximate surface area is 130 Å². The second-order valence-corrected chi connectivity index (χ2v) is 5.89. The van der Waals surface area contributed by atoms with E-state index in [1.54, 1.807) is 0 Å². The second kappa shape index (κ2) is 5.50. The Morgan fingerprint density at radius 1 is 0.955 bits per heavy atom. The van der Waals surface area contributed by atoms with E-state index >= 15 is 0 Å². The van der Waals surface area contributed by atoms with Crippen LogP contribution in [0.5, 0.6) is 0 Å². The molecule has 3 nitrogen and oxygen atoms in total. The van der Waals surface area contributed by atoms with Gasteiger partial charge in [0.1, 0.15) is 0 Å². The minimum atomic E-state index is 0.189. The quantitative estimate of drug-likeness (QED) is 0.811. The molecule has 0 spiro atoms. The van der Waals surface area contributed by atoms with E-state index in [2.05, 4.69) is 16.4 Å². The molecule has 1 fully saturated rings. The predicted molar refractivity (Wildman–Crippen MR) is 86.8 cm³/mol. The van der Waals surface area contributed by atoms with E-state index in [0.717, 1.165) is 48.3 Å². The molecular formula is C19H18N2O. The molecule has 0 atom stereocenters. The van der Waals surface area contributed by atoms with Crippen molar-refractivity contribution in [2.75, 3.05) is 13.1 Å². The average Bonchev–Trinajstić information content (AvgIpc) is 2.70. The van der Waals surface area contributed by atoms with Gasteiger partial charge in [-0.3, -0.25) is 9.78 Å². The van der Waals surface area contributed by atoms with Gasteiger partial charge in [-0.2, -0.15) is 0 Å². The highest BCUT2D eigenvalue weighted by atomic mass is 16.1. The van der Waals surface area contributed by atoms with E-state index in [1.165, 1.54) is 11.1 Å². The lowest BCUT2D eigenvalue weighted by atomic mass is 9.89. The maximum absolute atomic E-state index is 12.6. The summed E-state index contributed by atoms with van der Waals surface area (Å²) in [6.45, 7) is 1.99. The Morgan fingerprint density at radius 3 is 2.55 bits per heavy atom. The van der Waals surface area contributed by atoms with Crippen molar-refractivity contribution in [3.8, 4) is 0 Å². The zero-order valence-electron chi connectivity index (χ0n) is 12.4. The van der Waals surface area contributed by atoms with Crippen molar-refractivity contribution in [1.82, 2.24) is 10.3 Å². The highest BCUT2D eigenvalue weighted by Gasteiger charge is 2.26. The maximum Gasteiger partial charge on any atom is 0.167 e. The number of benzene rings is 1. The van der Waals surface area contributed by atoms with Crippen LogP contribution in [0.1, 0.15) is 40.0 Å². The van der Waals surface area contributed by atoms with Gasteiger partial charge in [0.2, 0.25) is 0 Å². The zero-order chi connectivity index (χ0) is 14.9. The number of pyridine rings is 1. The van der Waals surface area contributed by atoms with Crippen molar-refractivity contribution in [2.45, 2.75) is 19.3 Å². The number of piperidine rings is 1. The summed E-state index contributed by atoms with van der Waals surface area (Å²) in [5.41, 5.74) is 6.55. The van der Waals surface area contributed by atoms with Gasteiger partial charge in [-0.1, -0.05) is 35.9 Å². The van der Waals surface area contributed by atoms with Crippen LogP contribution in [-0.4, -0.2) is 23.9 Å².